The van der Waals surface area contributed by atoms with Crippen molar-refractivity contribution >= 4 is 45.8 Å². The fourth-order valence-electron chi connectivity index (χ4n) is 3.98. The minimum absolute atomic E-state index is 0.0278. The second-order valence-corrected chi connectivity index (χ2v) is 8.28. The van der Waals surface area contributed by atoms with Gasteiger partial charge in [0.25, 0.3) is 5.91 Å². The van der Waals surface area contributed by atoms with Gasteiger partial charge in [-0.1, -0.05) is 0 Å². The maximum absolute atomic E-state index is 15.0. The Hall–Kier alpha value is -3.80. The van der Waals surface area contributed by atoms with E-state index in [1.807, 2.05) is 16.7 Å². The number of anilines is 1. The average Bonchev–Trinajstić information content (AvgIpc) is 3.25. The van der Waals surface area contributed by atoms with Gasteiger partial charge in [0, 0.05) is 57.6 Å². The summed E-state index contributed by atoms with van der Waals surface area (Å²) in [6.07, 6.45) is 2.95. The largest absolute Gasteiger partial charge is 0.477 e. The van der Waals surface area contributed by atoms with E-state index in [4.69, 9.17) is 12.2 Å². The Morgan fingerprint density at radius 1 is 1.24 bits per heavy atom. The fraction of sp³-hybridized carbons (Fsp3) is 0.318. The zero-order chi connectivity index (χ0) is 24.6. The van der Waals surface area contributed by atoms with Crippen LogP contribution in [0.4, 0.5) is 10.1 Å². The predicted octanol–water partition coefficient (Wildman–Crippen LogP) is 1.43. The van der Waals surface area contributed by atoms with Crippen LogP contribution >= 0.6 is 12.2 Å². The summed E-state index contributed by atoms with van der Waals surface area (Å²) in [5.74, 6) is -2.35. The number of carboxylic acids is 1. The number of benzene rings is 1. The van der Waals surface area contributed by atoms with Gasteiger partial charge in [-0.05, 0) is 37.3 Å². The number of piperazine rings is 1. The van der Waals surface area contributed by atoms with Gasteiger partial charge in [0.05, 0.1) is 11.2 Å². The van der Waals surface area contributed by atoms with E-state index in [-0.39, 0.29) is 16.2 Å². The number of aromatic nitrogens is 3. The Balaban J connectivity index is 1.51. The summed E-state index contributed by atoms with van der Waals surface area (Å²) in [4.78, 5) is 39.9. The number of fused-ring (bicyclic) bond motifs is 1. The van der Waals surface area contributed by atoms with Gasteiger partial charge in [-0.25, -0.2) is 9.18 Å². The first-order chi connectivity index (χ1) is 16.2. The zero-order valence-electron chi connectivity index (χ0n) is 18.6. The van der Waals surface area contributed by atoms with Gasteiger partial charge in [0.15, 0.2) is 10.8 Å². The second kappa shape index (κ2) is 9.21. The van der Waals surface area contributed by atoms with Crippen LogP contribution in [0.15, 0.2) is 35.4 Å². The molecule has 12 heteroatoms. The van der Waals surface area contributed by atoms with Gasteiger partial charge in [-0.3, -0.25) is 19.6 Å². The summed E-state index contributed by atoms with van der Waals surface area (Å²) in [6, 6.07) is 4.28. The van der Waals surface area contributed by atoms with E-state index in [2.05, 4.69) is 10.4 Å². The molecule has 1 aliphatic heterocycles. The highest BCUT2D eigenvalue weighted by Gasteiger charge is 2.24. The molecule has 0 spiro atoms. The topological polar surface area (TPSA) is 113 Å². The molecule has 0 unspecified atom stereocenters. The molecule has 10 nitrogen and oxygen atoms in total. The second-order valence-electron chi connectivity index (χ2n) is 7.89. The highest BCUT2D eigenvalue weighted by atomic mass is 32.1. The molecule has 4 rings (SSSR count). The Labute approximate surface area is 199 Å². The van der Waals surface area contributed by atoms with Crippen LogP contribution in [-0.2, 0) is 13.6 Å². The first kappa shape index (κ1) is 23.4. The van der Waals surface area contributed by atoms with Gasteiger partial charge in [0.2, 0.25) is 5.43 Å². The molecule has 3 heterocycles. The number of hydrogen-bond donors (Lipinski definition) is 2. The summed E-state index contributed by atoms with van der Waals surface area (Å²) in [5, 5.41) is 16.3. The molecule has 0 bridgehead atoms. The van der Waals surface area contributed by atoms with Crippen LogP contribution in [0.5, 0.6) is 0 Å². The van der Waals surface area contributed by atoms with E-state index in [1.165, 1.54) is 10.9 Å². The van der Waals surface area contributed by atoms with Gasteiger partial charge < -0.3 is 19.5 Å². The molecule has 2 aromatic heterocycles. The number of pyridine rings is 1. The number of hydrogen-bond acceptors (Lipinski definition) is 6. The number of nitrogens with zero attached hydrogens (tertiary/aromatic N) is 5. The number of nitrogens with one attached hydrogen (secondary N) is 1. The first-order valence-electron chi connectivity index (χ1n) is 10.6. The van der Waals surface area contributed by atoms with Crippen molar-refractivity contribution < 1.29 is 19.1 Å². The Morgan fingerprint density at radius 2 is 1.94 bits per heavy atom. The number of carbonyl (C=O) groups excluding carboxylic acids is 1. The van der Waals surface area contributed by atoms with Crippen molar-refractivity contribution in [3.8, 4) is 0 Å². The maximum Gasteiger partial charge on any atom is 0.341 e. The van der Waals surface area contributed by atoms with E-state index >= 15 is 4.39 Å². The smallest absolute Gasteiger partial charge is 0.341 e. The van der Waals surface area contributed by atoms with E-state index in [0.29, 0.717) is 43.9 Å². The quantitative estimate of drug-likeness (QED) is 0.533. The number of carboxylic acid groups (broad SMARTS) is 1. The van der Waals surface area contributed by atoms with Crippen LogP contribution in [0.2, 0.25) is 0 Å². The molecule has 178 valence electrons. The lowest BCUT2D eigenvalue weighted by Crippen LogP contribution is -2.53. The summed E-state index contributed by atoms with van der Waals surface area (Å²) in [5.41, 5.74) is -0.0580. The summed E-state index contributed by atoms with van der Waals surface area (Å²) >= 11 is 5.36. The highest BCUT2D eigenvalue weighted by molar-refractivity contribution is 7.80. The molecule has 0 atom stereocenters. The van der Waals surface area contributed by atoms with Crippen molar-refractivity contribution in [3.63, 3.8) is 0 Å². The van der Waals surface area contributed by atoms with Gasteiger partial charge >= 0.3 is 5.97 Å². The van der Waals surface area contributed by atoms with E-state index < -0.39 is 28.7 Å². The van der Waals surface area contributed by atoms with E-state index in [1.54, 1.807) is 29.9 Å². The van der Waals surface area contributed by atoms with Crippen LogP contribution in [0.3, 0.4) is 0 Å². The standard InChI is InChI=1S/C22H23FN6O4S/c1-3-27-12-14(21(32)33)19(30)13-10-15(23)18(11-17(13)27)28-6-8-29(9-7-28)22(34)24-20(31)16-4-5-26(2)25-16/h4-5,10-12H,3,6-9H2,1-2H3,(H,32,33)(H,24,31,34). The highest BCUT2D eigenvalue weighted by Crippen LogP contribution is 2.26. The zero-order valence-corrected chi connectivity index (χ0v) is 19.4. The number of carbonyl (C=O) groups is 2. The van der Waals surface area contributed by atoms with Crippen molar-refractivity contribution in [1.29, 1.82) is 0 Å². The minimum atomic E-state index is -1.35. The Kier molecular flexibility index (Phi) is 6.33. The summed E-state index contributed by atoms with van der Waals surface area (Å²) in [6.45, 7) is 4.02. The monoisotopic (exact) mass is 486 g/mol. The predicted molar refractivity (Wildman–Crippen MR) is 128 cm³/mol. The number of aromatic carboxylic acids is 1. The molecule has 1 aromatic carbocycles. The molecule has 0 aliphatic carbocycles. The summed E-state index contributed by atoms with van der Waals surface area (Å²) in [7, 11) is 1.71. The van der Waals surface area contributed by atoms with Crippen molar-refractivity contribution in [3.05, 3.63) is 57.9 Å². The third-order valence-corrected chi connectivity index (χ3v) is 6.15. The molecule has 0 radical (unpaired) electrons. The third-order valence-electron chi connectivity index (χ3n) is 5.79. The minimum Gasteiger partial charge on any atom is -0.477 e. The number of amides is 1. The van der Waals surface area contributed by atoms with Gasteiger partial charge in [-0.2, -0.15) is 5.10 Å². The van der Waals surface area contributed by atoms with E-state index in [9.17, 15) is 19.5 Å². The maximum atomic E-state index is 15.0. The normalized spacial score (nSPS) is 13.9. The SMILES string of the molecule is CCn1cc(C(=O)O)c(=O)c2cc(F)c(N3CCN(C(=S)NC(=O)c4ccn(C)n4)CC3)cc21. The van der Waals surface area contributed by atoms with E-state index in [0.717, 1.165) is 6.07 Å². The third kappa shape index (κ3) is 4.36. The Bertz CT molecular complexity index is 1360. The molecule has 1 amide bonds. The van der Waals surface area contributed by atoms with Crippen molar-refractivity contribution in [2.24, 2.45) is 7.05 Å². The molecule has 2 N–H and O–H groups in total. The molecule has 1 saturated heterocycles. The molecule has 34 heavy (non-hydrogen) atoms. The molecule has 0 saturated carbocycles. The Morgan fingerprint density at radius 3 is 2.53 bits per heavy atom. The average molecular weight is 487 g/mol. The number of aryl methyl sites for hydroxylation is 2. The number of rotatable bonds is 4. The fourth-order valence-corrected chi connectivity index (χ4v) is 4.26. The van der Waals surface area contributed by atoms with Crippen LogP contribution in [0, 0.1) is 5.82 Å². The van der Waals surface area contributed by atoms with Crippen LogP contribution < -0.4 is 15.6 Å². The number of halogens is 1. The molecular formula is C22H23FN6O4S. The molecular weight excluding hydrogens is 463 g/mol. The van der Waals surface area contributed by atoms with Gasteiger partial charge in [-0.15, -0.1) is 0 Å². The lowest BCUT2D eigenvalue weighted by atomic mass is 10.1. The molecule has 1 aliphatic rings. The summed E-state index contributed by atoms with van der Waals surface area (Å²) < 4.78 is 18.2. The van der Waals surface area contributed by atoms with Crippen LogP contribution in [-0.4, -0.2) is 67.5 Å². The van der Waals surface area contributed by atoms with Crippen molar-refractivity contribution in [2.45, 2.75) is 13.5 Å². The molecule has 1 fully saturated rings. The molecule has 3 aromatic rings. The lowest BCUT2D eigenvalue weighted by molar-refractivity contribution is 0.0694. The van der Waals surface area contributed by atoms with Gasteiger partial charge in [0.1, 0.15) is 11.4 Å². The first-order valence-corrected chi connectivity index (χ1v) is 11.0. The van der Waals surface area contributed by atoms with Crippen molar-refractivity contribution in [2.75, 3.05) is 31.1 Å². The number of thiocarbonyl (C=S) groups is 1. The van der Waals surface area contributed by atoms with Crippen LogP contribution in [0.1, 0.15) is 27.8 Å². The van der Waals surface area contributed by atoms with Crippen LogP contribution in [0.25, 0.3) is 10.9 Å². The van der Waals surface area contributed by atoms with Crippen molar-refractivity contribution in [1.82, 2.24) is 24.6 Å². The lowest BCUT2D eigenvalue weighted by Gasteiger charge is -2.37.